The Hall–Kier alpha value is -4.91. The summed E-state index contributed by atoms with van der Waals surface area (Å²) >= 11 is 0. The Kier molecular flexibility index (Phi) is 9.90. The number of ether oxygens (including phenoxy) is 1. The number of amides is 3. The number of primary amides is 1. The Morgan fingerprint density at radius 1 is 0.978 bits per heavy atom. The van der Waals surface area contributed by atoms with E-state index in [0.29, 0.717) is 17.5 Å². The molecule has 14 nitrogen and oxygen atoms in total. The number of guanidine groups is 1. The lowest BCUT2D eigenvalue weighted by Gasteiger charge is -2.24. The van der Waals surface area contributed by atoms with Gasteiger partial charge in [-0.05, 0) is 52.8 Å². The topological polar surface area (TPSA) is 231 Å². The minimum atomic E-state index is -4.20. The second kappa shape index (κ2) is 14.0. The van der Waals surface area contributed by atoms with E-state index in [2.05, 4.69) is 15.6 Å². The lowest BCUT2D eigenvalue weighted by molar-refractivity contribution is -0.128. The Balaban J connectivity index is 1.31. The van der Waals surface area contributed by atoms with E-state index in [9.17, 15) is 23.8 Å². The molecular weight excluding hydrogens is 615 g/mol. The van der Waals surface area contributed by atoms with Gasteiger partial charge in [-0.1, -0.05) is 54.6 Å². The Bertz CT molecular complexity index is 1670. The normalized spacial score (nSPS) is 17.7. The number of hydrogen-bond acceptors (Lipinski definition) is 8. The van der Waals surface area contributed by atoms with Crippen molar-refractivity contribution >= 4 is 31.7 Å². The highest BCUT2D eigenvalue weighted by Gasteiger charge is 2.32. The van der Waals surface area contributed by atoms with Crippen molar-refractivity contribution in [2.75, 3.05) is 13.2 Å². The number of carbonyl (C=O) groups excluding carboxylic acids is 3. The third-order valence-corrected chi connectivity index (χ3v) is 8.60. The molecule has 0 spiro atoms. The number of aliphatic imine (C=N–C) groups is 1. The molecule has 1 aliphatic carbocycles. The van der Waals surface area contributed by atoms with Crippen molar-refractivity contribution in [3.05, 3.63) is 89.0 Å². The van der Waals surface area contributed by atoms with Gasteiger partial charge in [-0.3, -0.25) is 24.0 Å². The summed E-state index contributed by atoms with van der Waals surface area (Å²) in [6.07, 6.45) is -0.351. The second-order valence-electron chi connectivity index (χ2n) is 10.9. The summed E-state index contributed by atoms with van der Waals surface area (Å²) in [6.45, 7) is 0.0637. The Morgan fingerprint density at radius 3 is 2.30 bits per heavy atom. The molecule has 1 unspecified atom stereocenters. The molecule has 3 amide bonds. The van der Waals surface area contributed by atoms with Gasteiger partial charge in [-0.15, -0.1) is 0 Å². The lowest BCUT2D eigenvalue weighted by atomic mass is 9.98. The van der Waals surface area contributed by atoms with E-state index < -0.39 is 37.8 Å². The van der Waals surface area contributed by atoms with Gasteiger partial charge in [0.1, 0.15) is 24.4 Å². The first-order valence-corrected chi connectivity index (χ1v) is 16.1. The summed E-state index contributed by atoms with van der Waals surface area (Å²) in [5, 5.41) is 5.24. The van der Waals surface area contributed by atoms with Crippen LogP contribution in [0.2, 0.25) is 0 Å². The zero-order chi connectivity index (χ0) is 32.8. The molecule has 0 saturated carbocycles. The van der Waals surface area contributed by atoms with Crippen LogP contribution in [0.5, 0.6) is 5.75 Å². The molecule has 0 aromatic heterocycles. The van der Waals surface area contributed by atoms with E-state index in [1.54, 1.807) is 12.1 Å². The molecule has 3 atom stereocenters. The van der Waals surface area contributed by atoms with Crippen molar-refractivity contribution in [2.24, 2.45) is 22.2 Å². The van der Waals surface area contributed by atoms with E-state index in [-0.39, 0.29) is 50.2 Å². The number of phosphoric acid groups is 1. The molecule has 46 heavy (non-hydrogen) atoms. The molecule has 0 bridgehead atoms. The van der Waals surface area contributed by atoms with E-state index in [1.165, 1.54) is 6.07 Å². The molecule has 2 aliphatic rings. The molecule has 0 radical (unpaired) electrons. The molecule has 1 heterocycles. The van der Waals surface area contributed by atoms with Gasteiger partial charge in [0.15, 0.2) is 5.96 Å². The number of alkyl carbamates (subject to hydrolysis) is 1. The molecule has 1 aliphatic heterocycles. The van der Waals surface area contributed by atoms with Crippen molar-refractivity contribution in [3.8, 4) is 16.9 Å². The lowest BCUT2D eigenvalue weighted by Crippen LogP contribution is -2.53. The van der Waals surface area contributed by atoms with Gasteiger partial charge in [-0.25, -0.2) is 9.36 Å². The van der Waals surface area contributed by atoms with Gasteiger partial charge in [0.05, 0.1) is 6.61 Å². The van der Waals surface area contributed by atoms with Crippen LogP contribution in [-0.2, 0) is 36.4 Å². The van der Waals surface area contributed by atoms with Crippen LogP contribution in [0.15, 0.2) is 71.7 Å². The monoisotopic (exact) mass is 650 g/mol. The Morgan fingerprint density at radius 2 is 1.65 bits per heavy atom. The smallest absolute Gasteiger partial charge is 0.449 e. The maximum atomic E-state index is 13.5. The summed E-state index contributed by atoms with van der Waals surface area (Å²) in [5.41, 5.74) is 21.5. The average Bonchev–Trinajstić information content (AvgIpc) is 3.34. The molecule has 9 N–H and O–H groups in total. The number of phosphoric ester groups is 1. The molecular formula is C31H35N6O8P. The maximum absolute atomic E-state index is 13.5. The summed E-state index contributed by atoms with van der Waals surface area (Å²) in [5.74, 6) is -1.58. The number of nitrogens with two attached hydrogens (primary N) is 3. The van der Waals surface area contributed by atoms with Gasteiger partial charge in [0.25, 0.3) is 0 Å². The van der Waals surface area contributed by atoms with Crippen LogP contribution in [0.3, 0.4) is 0 Å². The van der Waals surface area contributed by atoms with Gasteiger partial charge in [-0.2, -0.15) is 0 Å². The van der Waals surface area contributed by atoms with Gasteiger partial charge in [0.2, 0.25) is 11.8 Å². The van der Waals surface area contributed by atoms with Gasteiger partial charge < -0.3 is 37.1 Å². The van der Waals surface area contributed by atoms with Gasteiger partial charge >= 0.3 is 13.9 Å². The van der Waals surface area contributed by atoms with E-state index >= 15 is 0 Å². The summed E-state index contributed by atoms with van der Waals surface area (Å²) in [6, 6.07) is 18.3. The first kappa shape index (κ1) is 32.5. The zero-order valence-electron chi connectivity index (χ0n) is 24.8. The van der Waals surface area contributed by atoms with Crippen molar-refractivity contribution in [3.63, 3.8) is 0 Å². The third kappa shape index (κ3) is 7.83. The summed E-state index contributed by atoms with van der Waals surface area (Å²) in [4.78, 5) is 52.4. The minimum Gasteiger partial charge on any atom is -0.449 e. The van der Waals surface area contributed by atoms with Crippen molar-refractivity contribution in [1.29, 1.82) is 0 Å². The minimum absolute atomic E-state index is 0.0254. The predicted octanol–water partition coefficient (Wildman–Crippen LogP) is 2.17. The highest BCUT2D eigenvalue weighted by atomic mass is 31.2. The van der Waals surface area contributed by atoms with Crippen LogP contribution in [-0.4, -0.2) is 54.0 Å². The number of nitrogens with zero attached hydrogens (tertiary/aromatic N) is 1. The first-order valence-electron chi connectivity index (χ1n) is 14.6. The number of fused-ring (bicyclic) bond motifs is 4. The van der Waals surface area contributed by atoms with Gasteiger partial charge in [0, 0.05) is 24.4 Å². The fourth-order valence-electron chi connectivity index (χ4n) is 5.55. The summed E-state index contributed by atoms with van der Waals surface area (Å²) < 4.78 is 27.3. The number of hydrogen-bond donors (Lipinski definition) is 6. The molecule has 15 heteroatoms. The second-order valence-corrected chi connectivity index (χ2v) is 12.3. The maximum Gasteiger partial charge on any atom is 0.527 e. The third-order valence-electron chi connectivity index (χ3n) is 7.72. The quantitative estimate of drug-likeness (QED) is 0.0724. The average molecular weight is 651 g/mol. The fraction of sp³-hybridized carbons (Fsp3) is 0.290. The summed E-state index contributed by atoms with van der Waals surface area (Å²) in [7, 11) is -4.20. The van der Waals surface area contributed by atoms with Crippen LogP contribution in [0.1, 0.15) is 41.0 Å². The van der Waals surface area contributed by atoms with E-state index in [1.807, 2.05) is 48.5 Å². The molecule has 0 saturated heterocycles. The van der Waals surface area contributed by atoms with Crippen LogP contribution in [0.25, 0.3) is 11.1 Å². The van der Waals surface area contributed by atoms with Crippen LogP contribution in [0, 0.1) is 0 Å². The zero-order valence-corrected chi connectivity index (χ0v) is 25.7. The van der Waals surface area contributed by atoms with Crippen LogP contribution < -0.4 is 32.4 Å². The number of nitrogens with one attached hydrogen (secondary N) is 2. The standard InChI is InChI=1S/C31H35N6O8P/c32-28(38)25(10-5-13-35-30(33)34)36-29(39)26(15-18-11-12-27-19(14-18)16-44-46(41,42)45-27)37-31(40)43-17-24-22-8-3-1-6-20(22)21-7-2-4-9-23(21)24/h1-4,6-9,11-12,14,24-26H,5,10,13,15-17H2,(H2,32,38)(H,36,39)(H,37,40)(H,41,42)(H4,33,34,35)/t25-,26-/m0/s1. The highest BCUT2D eigenvalue weighted by Crippen LogP contribution is 2.50. The number of carbonyl (C=O) groups is 3. The predicted molar refractivity (Wildman–Crippen MR) is 168 cm³/mol. The van der Waals surface area contributed by atoms with Crippen LogP contribution in [0.4, 0.5) is 4.79 Å². The van der Waals surface area contributed by atoms with E-state index in [0.717, 1.165) is 22.3 Å². The highest BCUT2D eigenvalue weighted by molar-refractivity contribution is 7.47. The number of rotatable bonds is 12. The molecule has 3 aromatic rings. The Labute approximate surface area is 264 Å². The van der Waals surface area contributed by atoms with Crippen molar-refractivity contribution in [1.82, 2.24) is 10.6 Å². The van der Waals surface area contributed by atoms with E-state index in [4.69, 9.17) is 31.0 Å². The molecule has 5 rings (SSSR count). The fourth-order valence-corrected chi connectivity index (χ4v) is 6.33. The van der Waals surface area contributed by atoms with Crippen molar-refractivity contribution < 1.29 is 37.6 Å². The largest absolute Gasteiger partial charge is 0.527 e. The molecule has 0 fully saturated rings. The number of benzene rings is 3. The molecule has 242 valence electrons. The molecule has 3 aromatic carbocycles. The van der Waals surface area contributed by atoms with Crippen LogP contribution >= 0.6 is 7.82 Å². The first-order chi connectivity index (χ1) is 22.0. The van der Waals surface area contributed by atoms with Crippen molar-refractivity contribution in [2.45, 2.75) is 43.9 Å². The SMILES string of the molecule is NC(=O)[C@H](CCCN=C(N)N)NC(=O)[C@H](Cc1ccc2c(c1)COP(=O)(O)O2)NC(=O)OCC1c2ccccc2-c2ccccc21.